The Morgan fingerprint density at radius 3 is 2.70 bits per heavy atom. The highest BCUT2D eigenvalue weighted by Gasteiger charge is 2.21. The molecular formula is C12H14N6O2. The van der Waals surface area contributed by atoms with Crippen LogP contribution in [-0.2, 0) is 6.54 Å². The summed E-state index contributed by atoms with van der Waals surface area (Å²) in [6, 6.07) is 3.69. The van der Waals surface area contributed by atoms with Crippen LogP contribution in [0.5, 0.6) is 0 Å². The van der Waals surface area contributed by atoms with Gasteiger partial charge >= 0.3 is 5.69 Å². The molecule has 0 amide bonds. The minimum absolute atomic E-state index is 0.0128. The molecule has 104 valence electrons. The fraction of sp³-hybridized carbons (Fsp3) is 0.250. The topological polar surface area (TPSA) is 111 Å². The van der Waals surface area contributed by atoms with Gasteiger partial charge in [-0.15, -0.1) is 0 Å². The first kappa shape index (κ1) is 13.7. The minimum atomic E-state index is -0.510. The third-order valence-electron chi connectivity index (χ3n) is 2.77. The molecule has 0 aromatic carbocycles. The van der Waals surface area contributed by atoms with Crippen LogP contribution in [0, 0.1) is 10.1 Å². The summed E-state index contributed by atoms with van der Waals surface area (Å²) < 4.78 is 0. The Morgan fingerprint density at radius 1 is 1.40 bits per heavy atom. The molecule has 0 bridgehead atoms. The molecule has 2 aromatic heterocycles. The predicted molar refractivity (Wildman–Crippen MR) is 74.1 cm³/mol. The third-order valence-corrected chi connectivity index (χ3v) is 2.77. The normalized spacial score (nSPS) is 10.2. The Balaban J connectivity index is 2.36. The van der Waals surface area contributed by atoms with Crippen molar-refractivity contribution in [2.75, 3.05) is 17.2 Å². The zero-order chi connectivity index (χ0) is 14.5. The first-order chi connectivity index (χ1) is 9.61. The van der Waals surface area contributed by atoms with Gasteiger partial charge in [-0.2, -0.15) is 4.98 Å². The Bertz CT molecular complexity index is 604. The summed E-state index contributed by atoms with van der Waals surface area (Å²) in [6.07, 6.45) is 4.48. The number of nitrogens with two attached hydrogens (primary N) is 1. The lowest BCUT2D eigenvalue weighted by atomic mass is 10.2. The summed E-state index contributed by atoms with van der Waals surface area (Å²) in [7, 11) is 0. The highest BCUT2D eigenvalue weighted by atomic mass is 16.6. The summed E-state index contributed by atoms with van der Waals surface area (Å²) >= 11 is 0. The van der Waals surface area contributed by atoms with Gasteiger partial charge in [0.2, 0.25) is 11.8 Å². The molecule has 0 aliphatic carbocycles. The molecule has 8 heteroatoms. The molecule has 0 spiro atoms. The van der Waals surface area contributed by atoms with Gasteiger partial charge in [0.15, 0.2) is 0 Å². The van der Waals surface area contributed by atoms with Crippen LogP contribution in [0.2, 0.25) is 0 Å². The first-order valence-electron chi connectivity index (χ1n) is 6.02. The van der Waals surface area contributed by atoms with Gasteiger partial charge in [0.1, 0.15) is 6.20 Å². The SMILES string of the molecule is CCN(Cc1ccncc1)c1nc(N)ncc1[N+](=O)[O-]. The van der Waals surface area contributed by atoms with E-state index < -0.39 is 4.92 Å². The lowest BCUT2D eigenvalue weighted by Crippen LogP contribution is -2.24. The van der Waals surface area contributed by atoms with Crippen LogP contribution in [-0.4, -0.2) is 26.4 Å². The van der Waals surface area contributed by atoms with Crippen molar-refractivity contribution in [3.63, 3.8) is 0 Å². The van der Waals surface area contributed by atoms with E-state index in [4.69, 9.17) is 5.73 Å². The number of pyridine rings is 1. The van der Waals surface area contributed by atoms with Gasteiger partial charge in [-0.3, -0.25) is 15.1 Å². The zero-order valence-corrected chi connectivity index (χ0v) is 10.9. The predicted octanol–water partition coefficient (Wildman–Crippen LogP) is 1.39. The van der Waals surface area contributed by atoms with Crippen LogP contribution in [0.1, 0.15) is 12.5 Å². The van der Waals surface area contributed by atoms with Crippen LogP contribution in [0.3, 0.4) is 0 Å². The molecule has 0 aliphatic heterocycles. The molecule has 0 saturated heterocycles. The summed E-state index contributed by atoms with van der Waals surface area (Å²) in [6.45, 7) is 2.93. The van der Waals surface area contributed by atoms with Crippen molar-refractivity contribution >= 4 is 17.5 Å². The van der Waals surface area contributed by atoms with Crippen molar-refractivity contribution in [2.45, 2.75) is 13.5 Å². The summed E-state index contributed by atoms with van der Waals surface area (Å²) in [5, 5.41) is 11.1. The Morgan fingerprint density at radius 2 is 2.10 bits per heavy atom. The molecule has 2 rings (SSSR count). The van der Waals surface area contributed by atoms with Crippen molar-refractivity contribution in [3.8, 4) is 0 Å². The van der Waals surface area contributed by atoms with E-state index in [-0.39, 0.29) is 17.5 Å². The third kappa shape index (κ3) is 2.97. The van der Waals surface area contributed by atoms with E-state index in [1.807, 2.05) is 19.1 Å². The van der Waals surface area contributed by atoms with Crippen molar-refractivity contribution in [3.05, 3.63) is 46.4 Å². The average molecular weight is 274 g/mol. The monoisotopic (exact) mass is 274 g/mol. The second-order valence-corrected chi connectivity index (χ2v) is 4.06. The molecule has 0 atom stereocenters. The van der Waals surface area contributed by atoms with E-state index in [1.165, 1.54) is 0 Å². The maximum atomic E-state index is 11.1. The Labute approximate surface area is 115 Å². The molecule has 0 radical (unpaired) electrons. The number of rotatable bonds is 5. The van der Waals surface area contributed by atoms with Crippen molar-refractivity contribution in [1.82, 2.24) is 15.0 Å². The van der Waals surface area contributed by atoms with E-state index >= 15 is 0 Å². The number of hydrogen-bond acceptors (Lipinski definition) is 7. The van der Waals surface area contributed by atoms with Gasteiger partial charge in [0.05, 0.1) is 4.92 Å². The van der Waals surface area contributed by atoms with E-state index in [0.29, 0.717) is 13.1 Å². The summed E-state index contributed by atoms with van der Waals surface area (Å²) in [5.74, 6) is 0.237. The van der Waals surface area contributed by atoms with E-state index in [2.05, 4.69) is 15.0 Å². The highest BCUT2D eigenvalue weighted by Crippen LogP contribution is 2.26. The summed E-state index contributed by atoms with van der Waals surface area (Å²) in [4.78, 5) is 23.9. The zero-order valence-electron chi connectivity index (χ0n) is 10.9. The maximum absolute atomic E-state index is 11.1. The number of nitrogens with zero attached hydrogens (tertiary/aromatic N) is 5. The minimum Gasteiger partial charge on any atom is -0.368 e. The fourth-order valence-electron chi connectivity index (χ4n) is 1.79. The Hall–Kier alpha value is -2.77. The van der Waals surface area contributed by atoms with Crippen LogP contribution in [0.4, 0.5) is 17.5 Å². The fourth-order valence-corrected chi connectivity index (χ4v) is 1.79. The van der Waals surface area contributed by atoms with Gasteiger partial charge in [-0.1, -0.05) is 0 Å². The molecule has 2 aromatic rings. The molecule has 0 fully saturated rings. The maximum Gasteiger partial charge on any atom is 0.329 e. The molecule has 2 N–H and O–H groups in total. The number of anilines is 2. The van der Waals surface area contributed by atoms with Crippen LogP contribution in [0.25, 0.3) is 0 Å². The van der Waals surface area contributed by atoms with Crippen molar-refractivity contribution in [2.24, 2.45) is 0 Å². The van der Waals surface area contributed by atoms with Crippen molar-refractivity contribution in [1.29, 1.82) is 0 Å². The molecular weight excluding hydrogens is 260 g/mol. The second kappa shape index (κ2) is 5.91. The molecule has 0 aliphatic rings. The van der Waals surface area contributed by atoms with E-state index in [0.717, 1.165) is 11.8 Å². The van der Waals surface area contributed by atoms with Crippen LogP contribution >= 0.6 is 0 Å². The quantitative estimate of drug-likeness (QED) is 0.647. The molecule has 8 nitrogen and oxygen atoms in total. The lowest BCUT2D eigenvalue weighted by Gasteiger charge is -2.21. The Kier molecular flexibility index (Phi) is 4.04. The molecule has 0 unspecified atom stereocenters. The average Bonchev–Trinajstić information content (AvgIpc) is 2.45. The summed E-state index contributed by atoms with van der Waals surface area (Å²) in [5.41, 5.74) is 6.35. The number of hydrogen-bond donors (Lipinski definition) is 1. The van der Waals surface area contributed by atoms with Gasteiger partial charge in [-0.25, -0.2) is 4.98 Å². The number of nitro groups is 1. The smallest absolute Gasteiger partial charge is 0.329 e. The number of aromatic nitrogens is 3. The molecule has 0 saturated carbocycles. The highest BCUT2D eigenvalue weighted by molar-refractivity contribution is 5.58. The van der Waals surface area contributed by atoms with Gasteiger partial charge in [0.25, 0.3) is 0 Å². The molecule has 20 heavy (non-hydrogen) atoms. The molecule has 2 heterocycles. The van der Waals surface area contributed by atoms with E-state index in [1.54, 1.807) is 17.3 Å². The van der Waals surface area contributed by atoms with Crippen LogP contribution < -0.4 is 10.6 Å². The second-order valence-electron chi connectivity index (χ2n) is 4.06. The van der Waals surface area contributed by atoms with Gasteiger partial charge < -0.3 is 10.6 Å². The van der Waals surface area contributed by atoms with E-state index in [9.17, 15) is 10.1 Å². The standard InChI is InChI=1S/C12H14N6O2/c1-2-17(8-9-3-5-14-6-4-9)11-10(18(19)20)7-15-12(13)16-11/h3-7H,2,8H2,1H3,(H2,13,15,16). The largest absolute Gasteiger partial charge is 0.368 e. The van der Waals surface area contributed by atoms with Crippen molar-refractivity contribution < 1.29 is 4.92 Å². The van der Waals surface area contributed by atoms with Gasteiger partial charge in [-0.05, 0) is 24.6 Å². The van der Waals surface area contributed by atoms with Gasteiger partial charge in [0, 0.05) is 25.5 Å². The number of nitrogen functional groups attached to an aromatic ring is 1. The lowest BCUT2D eigenvalue weighted by molar-refractivity contribution is -0.384. The first-order valence-corrected chi connectivity index (χ1v) is 6.02. The van der Waals surface area contributed by atoms with Crippen LogP contribution in [0.15, 0.2) is 30.7 Å².